The van der Waals surface area contributed by atoms with E-state index in [4.69, 9.17) is 14.7 Å². The van der Waals surface area contributed by atoms with Crippen LogP contribution in [0.3, 0.4) is 0 Å². The van der Waals surface area contributed by atoms with Crippen LogP contribution in [0.15, 0.2) is 0 Å². The van der Waals surface area contributed by atoms with E-state index in [-0.39, 0.29) is 0 Å². The van der Waals surface area contributed by atoms with Gasteiger partial charge in [0.05, 0.1) is 25.1 Å². The quantitative estimate of drug-likeness (QED) is 0.782. The van der Waals surface area contributed by atoms with Gasteiger partial charge in [-0.25, -0.2) is 9.97 Å². The standard InChI is InChI=1S/C23H35N5OS/c1-16(2)28-9-7-17(8-10-28)24-22-21-18-5-3-4-6-19(18)30-23(21)26-20(25-22)15-27-11-13-29-14-12-27/h16-17H,3-15H2,1-2H3,(H,24,25,26). The molecule has 1 N–H and O–H groups in total. The maximum atomic E-state index is 5.52. The number of hydrogen-bond donors (Lipinski definition) is 1. The lowest BCUT2D eigenvalue weighted by molar-refractivity contribution is 0.0331. The Labute approximate surface area is 184 Å². The highest BCUT2D eigenvalue weighted by molar-refractivity contribution is 7.19. The number of aryl methyl sites for hydroxylation is 2. The van der Waals surface area contributed by atoms with Crippen LogP contribution in [-0.4, -0.2) is 71.2 Å². The molecule has 6 nitrogen and oxygen atoms in total. The highest BCUT2D eigenvalue weighted by Crippen LogP contribution is 2.39. The fraction of sp³-hybridized carbons (Fsp3) is 0.739. The molecule has 0 radical (unpaired) electrons. The smallest absolute Gasteiger partial charge is 0.146 e. The first-order chi connectivity index (χ1) is 14.7. The van der Waals surface area contributed by atoms with Gasteiger partial charge in [-0.3, -0.25) is 4.90 Å². The van der Waals surface area contributed by atoms with E-state index in [1.807, 2.05) is 11.3 Å². The van der Waals surface area contributed by atoms with Gasteiger partial charge >= 0.3 is 0 Å². The number of hydrogen-bond acceptors (Lipinski definition) is 7. The Hall–Kier alpha value is -1.28. The first-order valence-corrected chi connectivity index (χ1v) is 12.6. The van der Waals surface area contributed by atoms with Crippen molar-refractivity contribution in [3.63, 3.8) is 0 Å². The number of fused-ring (bicyclic) bond motifs is 3. The SMILES string of the molecule is CC(C)N1CCC(Nc2nc(CN3CCOCC3)nc3sc4c(c23)CCCC4)CC1. The largest absolute Gasteiger partial charge is 0.379 e. The minimum absolute atomic E-state index is 0.508. The molecule has 2 aromatic rings. The van der Waals surface area contributed by atoms with Gasteiger partial charge in [0.15, 0.2) is 0 Å². The summed E-state index contributed by atoms with van der Waals surface area (Å²) in [5.41, 5.74) is 1.53. The van der Waals surface area contributed by atoms with Crippen molar-refractivity contribution in [3.05, 3.63) is 16.3 Å². The molecule has 1 aliphatic carbocycles. The second kappa shape index (κ2) is 9.07. The van der Waals surface area contributed by atoms with Gasteiger partial charge in [0.2, 0.25) is 0 Å². The van der Waals surface area contributed by atoms with Crippen molar-refractivity contribution in [1.82, 2.24) is 19.8 Å². The van der Waals surface area contributed by atoms with Gasteiger partial charge in [-0.2, -0.15) is 0 Å². The molecule has 2 fully saturated rings. The van der Waals surface area contributed by atoms with Crippen molar-refractivity contribution in [3.8, 4) is 0 Å². The molecule has 5 rings (SSSR count). The van der Waals surface area contributed by atoms with E-state index in [0.717, 1.165) is 44.5 Å². The lowest BCUT2D eigenvalue weighted by Crippen LogP contribution is -2.42. The molecule has 2 aromatic heterocycles. The first kappa shape index (κ1) is 20.6. The Morgan fingerprint density at radius 3 is 2.60 bits per heavy atom. The van der Waals surface area contributed by atoms with Crippen molar-refractivity contribution >= 4 is 27.4 Å². The summed E-state index contributed by atoms with van der Waals surface area (Å²) in [6, 6.07) is 1.15. The number of rotatable bonds is 5. The summed E-state index contributed by atoms with van der Waals surface area (Å²) in [7, 11) is 0. The van der Waals surface area contributed by atoms with E-state index in [9.17, 15) is 0 Å². The molecule has 0 unspecified atom stereocenters. The summed E-state index contributed by atoms with van der Waals surface area (Å²) < 4.78 is 5.52. The normalized spacial score (nSPS) is 22.0. The Kier molecular flexibility index (Phi) is 6.23. The molecule has 7 heteroatoms. The van der Waals surface area contributed by atoms with Crippen LogP contribution >= 0.6 is 11.3 Å². The zero-order chi connectivity index (χ0) is 20.5. The predicted molar refractivity (Wildman–Crippen MR) is 124 cm³/mol. The van der Waals surface area contributed by atoms with Crippen LogP contribution in [0.1, 0.15) is 55.8 Å². The monoisotopic (exact) mass is 429 g/mol. The number of likely N-dealkylation sites (tertiary alicyclic amines) is 1. The zero-order valence-electron chi connectivity index (χ0n) is 18.5. The molecule has 30 heavy (non-hydrogen) atoms. The Morgan fingerprint density at radius 2 is 1.83 bits per heavy atom. The fourth-order valence-corrected chi connectivity index (χ4v) is 6.37. The van der Waals surface area contributed by atoms with Crippen LogP contribution < -0.4 is 5.32 Å². The van der Waals surface area contributed by atoms with Gasteiger partial charge in [0.25, 0.3) is 0 Å². The van der Waals surface area contributed by atoms with Crippen LogP contribution in [0.25, 0.3) is 10.2 Å². The molecular weight excluding hydrogens is 394 g/mol. The maximum Gasteiger partial charge on any atom is 0.146 e. The van der Waals surface area contributed by atoms with Gasteiger partial charge in [-0.05, 0) is 57.9 Å². The topological polar surface area (TPSA) is 53.5 Å². The molecule has 0 spiro atoms. The number of nitrogens with zero attached hydrogens (tertiary/aromatic N) is 4. The molecule has 164 valence electrons. The molecule has 3 aliphatic rings. The first-order valence-electron chi connectivity index (χ1n) is 11.8. The number of morpholine rings is 1. The number of nitrogens with one attached hydrogen (secondary N) is 1. The van der Waals surface area contributed by atoms with Crippen molar-refractivity contribution in [2.45, 2.75) is 71.0 Å². The van der Waals surface area contributed by atoms with Crippen molar-refractivity contribution in [1.29, 1.82) is 0 Å². The summed E-state index contributed by atoms with van der Waals surface area (Å²) in [5, 5.41) is 5.21. The van der Waals surface area contributed by atoms with Crippen molar-refractivity contribution in [2.75, 3.05) is 44.7 Å². The van der Waals surface area contributed by atoms with Gasteiger partial charge < -0.3 is 15.0 Å². The number of ether oxygens (including phenoxy) is 1. The van der Waals surface area contributed by atoms with Crippen LogP contribution in [0.2, 0.25) is 0 Å². The third-order valence-corrected chi connectivity index (χ3v) is 8.12. The van der Waals surface area contributed by atoms with E-state index >= 15 is 0 Å². The maximum absolute atomic E-state index is 5.52. The minimum atomic E-state index is 0.508. The third kappa shape index (κ3) is 4.35. The minimum Gasteiger partial charge on any atom is -0.379 e. The molecule has 0 aromatic carbocycles. The van der Waals surface area contributed by atoms with Crippen LogP contribution in [0, 0.1) is 0 Å². The highest BCUT2D eigenvalue weighted by atomic mass is 32.1. The van der Waals surface area contributed by atoms with E-state index < -0.39 is 0 Å². The molecular formula is C23H35N5OS. The lowest BCUT2D eigenvalue weighted by Gasteiger charge is -2.35. The van der Waals surface area contributed by atoms with Gasteiger partial charge in [-0.15, -0.1) is 11.3 Å². The second-order valence-electron chi connectivity index (χ2n) is 9.32. The Morgan fingerprint density at radius 1 is 1.07 bits per heavy atom. The van der Waals surface area contributed by atoms with Crippen LogP contribution in [0.5, 0.6) is 0 Å². The Bertz CT molecular complexity index is 868. The van der Waals surface area contributed by atoms with E-state index in [0.29, 0.717) is 12.1 Å². The summed E-state index contributed by atoms with van der Waals surface area (Å²) in [6.45, 7) is 11.3. The lowest BCUT2D eigenvalue weighted by atomic mass is 9.96. The fourth-order valence-electron chi connectivity index (χ4n) is 5.09. The highest BCUT2D eigenvalue weighted by Gasteiger charge is 2.25. The van der Waals surface area contributed by atoms with E-state index in [2.05, 4.69) is 29.0 Å². The van der Waals surface area contributed by atoms with Gasteiger partial charge in [0.1, 0.15) is 16.5 Å². The predicted octanol–water partition coefficient (Wildman–Crippen LogP) is 3.69. The summed E-state index contributed by atoms with van der Waals surface area (Å²) in [4.78, 5) is 17.9. The zero-order valence-corrected chi connectivity index (χ0v) is 19.3. The average molecular weight is 430 g/mol. The molecule has 2 aliphatic heterocycles. The van der Waals surface area contributed by atoms with Crippen molar-refractivity contribution < 1.29 is 4.74 Å². The van der Waals surface area contributed by atoms with Crippen LogP contribution in [0.4, 0.5) is 5.82 Å². The number of anilines is 1. The molecule has 0 atom stereocenters. The third-order valence-electron chi connectivity index (χ3n) is 6.93. The Balaban J connectivity index is 1.42. The number of thiophene rings is 1. The van der Waals surface area contributed by atoms with Crippen LogP contribution in [-0.2, 0) is 24.1 Å². The van der Waals surface area contributed by atoms with E-state index in [1.165, 1.54) is 67.4 Å². The van der Waals surface area contributed by atoms with Gasteiger partial charge in [-0.1, -0.05) is 0 Å². The van der Waals surface area contributed by atoms with E-state index in [1.54, 1.807) is 4.88 Å². The molecule has 2 saturated heterocycles. The van der Waals surface area contributed by atoms with Gasteiger partial charge in [0, 0.05) is 43.1 Å². The number of aromatic nitrogens is 2. The molecule has 0 bridgehead atoms. The summed E-state index contributed by atoms with van der Waals surface area (Å²) in [6.07, 6.45) is 7.37. The number of piperidine rings is 1. The summed E-state index contributed by atoms with van der Waals surface area (Å²) in [5.74, 6) is 2.07. The average Bonchev–Trinajstić information content (AvgIpc) is 3.13. The van der Waals surface area contributed by atoms with Crippen molar-refractivity contribution in [2.24, 2.45) is 0 Å². The molecule has 4 heterocycles. The second-order valence-corrected chi connectivity index (χ2v) is 10.4. The summed E-state index contributed by atoms with van der Waals surface area (Å²) >= 11 is 1.91. The molecule has 0 amide bonds. The molecule has 0 saturated carbocycles.